The molecule has 0 fully saturated rings. The van der Waals surface area contributed by atoms with Crippen LogP contribution in [0.15, 0.2) is 47.3 Å². The van der Waals surface area contributed by atoms with Gasteiger partial charge in [0.25, 0.3) is 11.5 Å². The van der Waals surface area contributed by atoms with Crippen LogP contribution < -0.4 is 26.5 Å². The standard InChI is InChI=1S/C25H27N5O5/c1-15(2)30-25(34)19-7-4-3-6-18(19)23(29-30)24(33)28-27-22(32)8-5-13-35-17-10-11-20-16(14-17)9-12-21(31)26-20/h3-4,6-7,10-11,14-15H,5,8-9,12-13H2,1-2H3,(H,26,31)(H,27,32)(H,28,33). The lowest BCUT2D eigenvalue weighted by atomic mass is 10.0. The number of hydrogen-bond donors (Lipinski definition) is 3. The lowest BCUT2D eigenvalue weighted by Crippen LogP contribution is -2.43. The maximum Gasteiger partial charge on any atom is 0.290 e. The molecule has 4 rings (SSSR count). The Morgan fingerprint density at radius 2 is 1.86 bits per heavy atom. The molecule has 0 saturated carbocycles. The van der Waals surface area contributed by atoms with E-state index >= 15 is 0 Å². The van der Waals surface area contributed by atoms with Crippen molar-refractivity contribution in [1.82, 2.24) is 20.6 Å². The molecule has 0 saturated heterocycles. The first-order valence-electron chi connectivity index (χ1n) is 11.5. The summed E-state index contributed by atoms with van der Waals surface area (Å²) in [6, 6.07) is 12.0. The summed E-state index contributed by atoms with van der Waals surface area (Å²) < 4.78 is 6.97. The molecule has 1 aliphatic rings. The van der Waals surface area contributed by atoms with Crippen molar-refractivity contribution in [3.63, 3.8) is 0 Å². The van der Waals surface area contributed by atoms with E-state index < -0.39 is 5.91 Å². The van der Waals surface area contributed by atoms with Crippen molar-refractivity contribution in [2.24, 2.45) is 0 Å². The number of aromatic nitrogens is 2. The summed E-state index contributed by atoms with van der Waals surface area (Å²) in [6.07, 6.45) is 1.70. The average Bonchev–Trinajstić information content (AvgIpc) is 2.85. The van der Waals surface area contributed by atoms with Crippen LogP contribution in [0.2, 0.25) is 0 Å². The van der Waals surface area contributed by atoms with Crippen molar-refractivity contribution in [3.05, 3.63) is 64.1 Å². The maximum atomic E-state index is 12.7. The Morgan fingerprint density at radius 3 is 2.63 bits per heavy atom. The Kier molecular flexibility index (Phi) is 7.09. The van der Waals surface area contributed by atoms with Crippen LogP contribution >= 0.6 is 0 Å². The Balaban J connectivity index is 1.29. The van der Waals surface area contributed by atoms with Crippen LogP contribution in [0.4, 0.5) is 5.69 Å². The highest BCUT2D eigenvalue weighted by molar-refractivity contribution is 6.05. The summed E-state index contributed by atoms with van der Waals surface area (Å²) in [6.45, 7) is 3.92. The fraction of sp³-hybridized carbons (Fsp3) is 0.320. The van der Waals surface area contributed by atoms with Gasteiger partial charge >= 0.3 is 0 Å². The quantitative estimate of drug-likeness (QED) is 0.354. The minimum atomic E-state index is -0.610. The molecule has 0 bridgehead atoms. The van der Waals surface area contributed by atoms with Gasteiger partial charge in [-0.05, 0) is 56.5 Å². The van der Waals surface area contributed by atoms with Gasteiger partial charge in [0.15, 0.2) is 5.69 Å². The number of ether oxygens (including phenoxy) is 1. The van der Waals surface area contributed by atoms with Crippen molar-refractivity contribution in [2.45, 2.75) is 45.6 Å². The molecule has 2 aromatic carbocycles. The van der Waals surface area contributed by atoms with E-state index in [0.717, 1.165) is 11.3 Å². The Bertz CT molecular complexity index is 1350. The summed E-state index contributed by atoms with van der Waals surface area (Å²) in [5.41, 5.74) is 6.37. The number of nitrogens with one attached hydrogen (secondary N) is 3. The minimum absolute atomic E-state index is 0.00905. The number of nitrogens with zero attached hydrogens (tertiary/aromatic N) is 2. The maximum absolute atomic E-state index is 12.7. The zero-order valence-electron chi connectivity index (χ0n) is 19.6. The number of fused-ring (bicyclic) bond motifs is 2. The highest BCUT2D eigenvalue weighted by Crippen LogP contribution is 2.26. The van der Waals surface area contributed by atoms with Gasteiger partial charge < -0.3 is 10.1 Å². The topological polar surface area (TPSA) is 131 Å². The lowest BCUT2D eigenvalue weighted by molar-refractivity contribution is -0.122. The highest BCUT2D eigenvalue weighted by atomic mass is 16.5. The van der Waals surface area contributed by atoms with Crippen LogP contribution in [0.5, 0.6) is 5.75 Å². The first kappa shape index (κ1) is 23.9. The van der Waals surface area contributed by atoms with Crippen LogP contribution in [0.25, 0.3) is 10.8 Å². The second kappa shape index (κ2) is 10.4. The molecule has 182 valence electrons. The van der Waals surface area contributed by atoms with E-state index in [-0.39, 0.29) is 35.5 Å². The molecule has 35 heavy (non-hydrogen) atoms. The van der Waals surface area contributed by atoms with Gasteiger partial charge in [0.1, 0.15) is 5.75 Å². The Morgan fingerprint density at radius 1 is 1.09 bits per heavy atom. The number of amides is 3. The number of rotatable bonds is 7. The van der Waals surface area contributed by atoms with E-state index in [9.17, 15) is 19.2 Å². The highest BCUT2D eigenvalue weighted by Gasteiger charge is 2.18. The average molecular weight is 478 g/mol. The predicted molar refractivity (Wildman–Crippen MR) is 130 cm³/mol. The lowest BCUT2D eigenvalue weighted by Gasteiger charge is -2.17. The zero-order chi connectivity index (χ0) is 24.9. The predicted octanol–water partition coefficient (Wildman–Crippen LogP) is 2.48. The largest absolute Gasteiger partial charge is 0.494 e. The fourth-order valence-corrected chi connectivity index (χ4v) is 3.84. The molecule has 3 amide bonds. The first-order valence-corrected chi connectivity index (χ1v) is 11.5. The summed E-state index contributed by atoms with van der Waals surface area (Å²) in [4.78, 5) is 49.0. The minimum Gasteiger partial charge on any atom is -0.494 e. The number of benzene rings is 2. The monoisotopic (exact) mass is 477 g/mol. The van der Waals surface area contributed by atoms with Crippen LogP contribution in [-0.4, -0.2) is 34.1 Å². The van der Waals surface area contributed by atoms with Gasteiger partial charge in [0, 0.05) is 23.9 Å². The van der Waals surface area contributed by atoms with Gasteiger partial charge in [-0.3, -0.25) is 30.0 Å². The molecule has 2 heterocycles. The molecule has 0 unspecified atom stereocenters. The number of hydrazine groups is 1. The number of hydrogen-bond acceptors (Lipinski definition) is 6. The van der Waals surface area contributed by atoms with Crippen LogP contribution in [-0.2, 0) is 16.0 Å². The van der Waals surface area contributed by atoms with Crippen LogP contribution in [0.3, 0.4) is 0 Å². The Labute approximate surface area is 201 Å². The zero-order valence-corrected chi connectivity index (χ0v) is 19.6. The fourth-order valence-electron chi connectivity index (χ4n) is 3.84. The third-order valence-electron chi connectivity index (χ3n) is 5.64. The second-order valence-electron chi connectivity index (χ2n) is 8.56. The number of aryl methyl sites for hydroxylation is 1. The molecule has 3 N–H and O–H groups in total. The van der Waals surface area contributed by atoms with Gasteiger partial charge in [0.05, 0.1) is 18.0 Å². The summed E-state index contributed by atoms with van der Waals surface area (Å²) >= 11 is 0. The van der Waals surface area contributed by atoms with E-state index in [1.807, 2.05) is 12.1 Å². The molecule has 0 aliphatic carbocycles. The first-order chi connectivity index (χ1) is 16.8. The van der Waals surface area contributed by atoms with Crippen molar-refractivity contribution < 1.29 is 19.1 Å². The molecular formula is C25H27N5O5. The summed E-state index contributed by atoms with van der Waals surface area (Å²) in [7, 11) is 0. The third-order valence-corrected chi connectivity index (χ3v) is 5.64. The molecule has 3 aromatic rings. The van der Waals surface area contributed by atoms with Crippen molar-refractivity contribution in [3.8, 4) is 5.75 Å². The molecule has 1 aliphatic heterocycles. The van der Waals surface area contributed by atoms with E-state index in [4.69, 9.17) is 4.74 Å². The van der Waals surface area contributed by atoms with Crippen LogP contribution in [0, 0.1) is 0 Å². The third kappa shape index (κ3) is 5.48. The van der Waals surface area contributed by atoms with E-state index in [0.29, 0.717) is 42.4 Å². The molecule has 0 atom stereocenters. The van der Waals surface area contributed by atoms with Gasteiger partial charge in [-0.15, -0.1) is 0 Å². The van der Waals surface area contributed by atoms with Gasteiger partial charge in [-0.2, -0.15) is 5.10 Å². The molecule has 0 spiro atoms. The molecule has 10 nitrogen and oxygen atoms in total. The SMILES string of the molecule is CC(C)n1nc(C(=O)NNC(=O)CCCOc2ccc3c(c2)CCC(=O)N3)c2ccccc2c1=O. The van der Waals surface area contributed by atoms with E-state index in [1.165, 1.54) is 4.68 Å². The van der Waals surface area contributed by atoms with Crippen molar-refractivity contribution >= 4 is 34.2 Å². The molecule has 1 aromatic heterocycles. The molecule has 0 radical (unpaired) electrons. The summed E-state index contributed by atoms with van der Waals surface area (Å²) in [5.74, 6) is -0.306. The number of anilines is 1. The van der Waals surface area contributed by atoms with E-state index in [2.05, 4.69) is 21.3 Å². The van der Waals surface area contributed by atoms with Gasteiger partial charge in [-0.1, -0.05) is 18.2 Å². The molecule has 10 heteroatoms. The Hall–Kier alpha value is -4.21. The second-order valence-corrected chi connectivity index (χ2v) is 8.56. The van der Waals surface area contributed by atoms with Crippen LogP contribution in [0.1, 0.15) is 55.2 Å². The van der Waals surface area contributed by atoms with Crippen molar-refractivity contribution in [1.29, 1.82) is 0 Å². The summed E-state index contributed by atoms with van der Waals surface area (Å²) in [5, 5.41) is 7.84. The van der Waals surface area contributed by atoms with Gasteiger partial charge in [-0.25, -0.2) is 4.68 Å². The van der Waals surface area contributed by atoms with Gasteiger partial charge in [0.2, 0.25) is 11.8 Å². The van der Waals surface area contributed by atoms with E-state index in [1.54, 1.807) is 44.2 Å². The normalized spacial score (nSPS) is 12.7. The number of carbonyl (C=O) groups is 3. The smallest absolute Gasteiger partial charge is 0.290 e. The van der Waals surface area contributed by atoms with Crippen molar-refractivity contribution in [2.75, 3.05) is 11.9 Å². The molecular weight excluding hydrogens is 450 g/mol. The number of carbonyl (C=O) groups excluding carboxylic acids is 3.